The van der Waals surface area contributed by atoms with Gasteiger partial charge in [-0.15, -0.1) is 0 Å². The summed E-state index contributed by atoms with van der Waals surface area (Å²) in [5.74, 6) is 6.44. The molecule has 0 saturated heterocycles. The highest BCUT2D eigenvalue weighted by Gasteiger charge is 2.25. The van der Waals surface area contributed by atoms with Crippen LogP contribution in [0.3, 0.4) is 0 Å². The molecule has 4 heteroatoms. The van der Waals surface area contributed by atoms with E-state index in [-0.39, 0.29) is 6.04 Å². The number of nitrogens with two attached hydrogens (primary N) is 1. The molecular formula is C13H24N4. The minimum atomic E-state index is 0.266. The number of rotatable bonds is 3. The van der Waals surface area contributed by atoms with Crippen LogP contribution in [0.4, 0.5) is 0 Å². The third-order valence-corrected chi connectivity index (χ3v) is 3.94. The van der Waals surface area contributed by atoms with Crippen molar-refractivity contribution in [3.8, 4) is 0 Å². The summed E-state index contributed by atoms with van der Waals surface area (Å²) in [6.07, 6.45) is 10.1. The van der Waals surface area contributed by atoms with Crippen LogP contribution < -0.4 is 11.3 Å². The van der Waals surface area contributed by atoms with Gasteiger partial charge < -0.3 is 0 Å². The van der Waals surface area contributed by atoms with Crippen LogP contribution in [0.25, 0.3) is 0 Å². The van der Waals surface area contributed by atoms with Crippen LogP contribution in [0.2, 0.25) is 0 Å². The fourth-order valence-corrected chi connectivity index (χ4v) is 3.05. The number of hydrogen-bond donors (Lipinski definition) is 2. The molecule has 4 nitrogen and oxygen atoms in total. The summed E-state index contributed by atoms with van der Waals surface area (Å²) in [4.78, 5) is 0. The van der Waals surface area contributed by atoms with Crippen LogP contribution in [0, 0.1) is 12.8 Å². The van der Waals surface area contributed by atoms with Crippen molar-refractivity contribution in [2.75, 3.05) is 0 Å². The molecule has 1 aliphatic rings. The highest BCUT2D eigenvalue weighted by Crippen LogP contribution is 2.33. The highest BCUT2D eigenvalue weighted by atomic mass is 15.3. The van der Waals surface area contributed by atoms with Gasteiger partial charge in [0.1, 0.15) is 0 Å². The summed E-state index contributed by atoms with van der Waals surface area (Å²) >= 11 is 0. The molecule has 0 radical (unpaired) electrons. The molecule has 3 N–H and O–H groups in total. The Hall–Kier alpha value is -0.870. The van der Waals surface area contributed by atoms with Crippen LogP contribution >= 0.6 is 0 Å². The SMILES string of the molecule is Cc1nn(C)cc1C(NN)C1CCCCCC1. The van der Waals surface area contributed by atoms with Crippen molar-refractivity contribution in [1.29, 1.82) is 0 Å². The lowest BCUT2D eigenvalue weighted by molar-refractivity contribution is 0.328. The van der Waals surface area contributed by atoms with Crippen molar-refractivity contribution >= 4 is 0 Å². The van der Waals surface area contributed by atoms with Crippen molar-refractivity contribution in [2.24, 2.45) is 18.8 Å². The standard InChI is InChI=1S/C13H24N4/c1-10-12(9-17(2)16-10)13(15-14)11-7-5-3-4-6-8-11/h9,11,13,15H,3-8,14H2,1-2H3. The number of aryl methyl sites for hydroxylation is 2. The maximum Gasteiger partial charge on any atom is 0.0642 e. The topological polar surface area (TPSA) is 55.9 Å². The predicted octanol–water partition coefficient (Wildman–Crippen LogP) is 2.20. The summed E-state index contributed by atoms with van der Waals surface area (Å²) in [5, 5.41) is 4.42. The van der Waals surface area contributed by atoms with Crippen molar-refractivity contribution < 1.29 is 0 Å². The van der Waals surface area contributed by atoms with E-state index in [1.165, 1.54) is 44.1 Å². The third kappa shape index (κ3) is 2.87. The van der Waals surface area contributed by atoms with Crippen molar-refractivity contribution in [1.82, 2.24) is 15.2 Å². The van der Waals surface area contributed by atoms with Crippen LogP contribution in [-0.4, -0.2) is 9.78 Å². The number of hydrogen-bond acceptors (Lipinski definition) is 3. The second kappa shape index (κ2) is 5.65. The first kappa shape index (κ1) is 12.6. The van der Waals surface area contributed by atoms with E-state index in [0.29, 0.717) is 5.92 Å². The Labute approximate surface area is 104 Å². The summed E-state index contributed by atoms with van der Waals surface area (Å²) in [5.41, 5.74) is 5.38. The summed E-state index contributed by atoms with van der Waals surface area (Å²) in [7, 11) is 1.97. The number of nitrogens with one attached hydrogen (secondary N) is 1. The molecule has 0 aromatic carbocycles. The molecule has 1 aromatic heterocycles. The number of aromatic nitrogens is 2. The van der Waals surface area contributed by atoms with E-state index in [1.807, 2.05) is 11.7 Å². The summed E-state index contributed by atoms with van der Waals surface area (Å²) in [6.45, 7) is 2.07. The maximum atomic E-state index is 5.78. The highest BCUT2D eigenvalue weighted by molar-refractivity contribution is 5.20. The monoisotopic (exact) mass is 236 g/mol. The van der Waals surface area contributed by atoms with Gasteiger partial charge in [0.25, 0.3) is 0 Å². The molecule has 1 atom stereocenters. The molecule has 0 amide bonds. The van der Waals surface area contributed by atoms with Crippen molar-refractivity contribution in [3.05, 3.63) is 17.5 Å². The zero-order valence-corrected chi connectivity index (χ0v) is 10.9. The Morgan fingerprint density at radius 3 is 2.47 bits per heavy atom. The molecule has 17 heavy (non-hydrogen) atoms. The zero-order chi connectivity index (χ0) is 12.3. The molecule has 1 aromatic rings. The van der Waals surface area contributed by atoms with Gasteiger partial charge in [0.05, 0.1) is 11.7 Å². The summed E-state index contributed by atoms with van der Waals surface area (Å²) in [6, 6.07) is 0.266. The van der Waals surface area contributed by atoms with E-state index >= 15 is 0 Å². The first-order valence-electron chi connectivity index (χ1n) is 6.68. The Bertz CT molecular complexity index is 350. The number of nitrogens with zero attached hydrogens (tertiary/aromatic N) is 2. The van der Waals surface area contributed by atoms with Gasteiger partial charge in [0.2, 0.25) is 0 Å². The van der Waals surface area contributed by atoms with Crippen molar-refractivity contribution in [2.45, 2.75) is 51.5 Å². The van der Waals surface area contributed by atoms with Crippen LogP contribution in [0.1, 0.15) is 55.8 Å². The molecule has 1 saturated carbocycles. The zero-order valence-electron chi connectivity index (χ0n) is 10.9. The molecule has 0 spiro atoms. The van der Waals surface area contributed by atoms with Gasteiger partial charge in [-0.05, 0) is 25.7 Å². The van der Waals surface area contributed by atoms with Crippen LogP contribution in [0.15, 0.2) is 6.20 Å². The molecular weight excluding hydrogens is 212 g/mol. The van der Waals surface area contributed by atoms with Gasteiger partial charge in [-0.25, -0.2) is 0 Å². The Kier molecular flexibility index (Phi) is 4.18. The minimum absolute atomic E-state index is 0.266. The lowest BCUT2D eigenvalue weighted by Gasteiger charge is -2.25. The third-order valence-electron chi connectivity index (χ3n) is 3.94. The number of hydrazine groups is 1. The van der Waals surface area contributed by atoms with Gasteiger partial charge in [0.15, 0.2) is 0 Å². The van der Waals surface area contributed by atoms with Gasteiger partial charge in [-0.3, -0.25) is 16.0 Å². The quantitative estimate of drug-likeness (QED) is 0.480. The second-order valence-corrected chi connectivity index (χ2v) is 5.24. The average Bonchev–Trinajstić information content (AvgIpc) is 2.55. The van der Waals surface area contributed by atoms with Crippen LogP contribution in [0.5, 0.6) is 0 Å². The molecule has 1 fully saturated rings. The predicted molar refractivity (Wildman–Crippen MR) is 69.2 cm³/mol. The molecule has 1 aliphatic carbocycles. The van der Waals surface area contributed by atoms with E-state index in [2.05, 4.69) is 23.6 Å². The van der Waals surface area contributed by atoms with E-state index < -0.39 is 0 Å². The van der Waals surface area contributed by atoms with Gasteiger partial charge in [0, 0.05) is 18.8 Å². The molecule has 2 rings (SSSR count). The molecule has 0 aliphatic heterocycles. The van der Waals surface area contributed by atoms with E-state index in [0.717, 1.165) is 5.69 Å². The normalized spacial score (nSPS) is 20.2. The van der Waals surface area contributed by atoms with Crippen LogP contribution in [-0.2, 0) is 7.05 Å². The lowest BCUT2D eigenvalue weighted by atomic mass is 9.88. The fourth-order valence-electron chi connectivity index (χ4n) is 3.05. The van der Waals surface area contributed by atoms with E-state index in [1.54, 1.807) is 0 Å². The Morgan fingerprint density at radius 1 is 1.35 bits per heavy atom. The van der Waals surface area contributed by atoms with Gasteiger partial charge in [-0.1, -0.05) is 25.7 Å². The van der Waals surface area contributed by atoms with Gasteiger partial charge >= 0.3 is 0 Å². The minimum Gasteiger partial charge on any atom is -0.275 e. The lowest BCUT2D eigenvalue weighted by Crippen LogP contribution is -2.33. The van der Waals surface area contributed by atoms with E-state index in [9.17, 15) is 0 Å². The molecule has 1 unspecified atom stereocenters. The van der Waals surface area contributed by atoms with E-state index in [4.69, 9.17) is 5.84 Å². The molecule has 96 valence electrons. The van der Waals surface area contributed by atoms with Gasteiger partial charge in [-0.2, -0.15) is 5.10 Å². The first-order valence-corrected chi connectivity index (χ1v) is 6.68. The smallest absolute Gasteiger partial charge is 0.0642 e. The van der Waals surface area contributed by atoms with Crippen molar-refractivity contribution in [3.63, 3.8) is 0 Å². The molecule has 1 heterocycles. The maximum absolute atomic E-state index is 5.78. The average molecular weight is 236 g/mol. The Morgan fingerprint density at radius 2 is 2.00 bits per heavy atom. The first-order chi connectivity index (χ1) is 8.22. The largest absolute Gasteiger partial charge is 0.275 e. The summed E-state index contributed by atoms with van der Waals surface area (Å²) < 4.78 is 1.88. The Balaban J connectivity index is 2.16. The molecule has 0 bridgehead atoms. The second-order valence-electron chi connectivity index (χ2n) is 5.24. The fraction of sp³-hybridized carbons (Fsp3) is 0.769.